The Kier molecular flexibility index (Phi) is 5.00. The molecule has 1 fully saturated rings. The summed E-state index contributed by atoms with van der Waals surface area (Å²) >= 11 is 0. The topological polar surface area (TPSA) is 24.5 Å². The van der Waals surface area contributed by atoms with E-state index in [9.17, 15) is 4.39 Å². The summed E-state index contributed by atoms with van der Waals surface area (Å²) in [5, 5.41) is 3.51. The molecule has 3 nitrogen and oxygen atoms in total. The molecule has 112 valence electrons. The van der Waals surface area contributed by atoms with Crippen LogP contribution in [0.15, 0.2) is 18.2 Å². The molecule has 4 heteroatoms. The fraction of sp³-hybridized carbons (Fsp3) is 0.625. The lowest BCUT2D eigenvalue weighted by molar-refractivity contribution is 0.237. The van der Waals surface area contributed by atoms with Crippen LogP contribution in [0.25, 0.3) is 0 Å². The number of rotatable bonds is 7. The first kappa shape index (κ1) is 15.3. The molecule has 0 aromatic heterocycles. The van der Waals surface area contributed by atoms with E-state index in [2.05, 4.69) is 31.1 Å². The van der Waals surface area contributed by atoms with Crippen molar-refractivity contribution in [3.63, 3.8) is 0 Å². The Morgan fingerprint density at radius 3 is 2.70 bits per heavy atom. The average Bonchev–Trinajstić information content (AvgIpc) is 3.28. The number of ether oxygens (including phenoxy) is 1. The predicted octanol–water partition coefficient (Wildman–Crippen LogP) is 2.97. The summed E-state index contributed by atoms with van der Waals surface area (Å²) in [5.74, 6) is -0.00965. The monoisotopic (exact) mass is 280 g/mol. The molecule has 1 aliphatic rings. The second-order valence-electron chi connectivity index (χ2n) is 5.77. The van der Waals surface area contributed by atoms with Crippen molar-refractivity contribution in [2.45, 2.75) is 44.8 Å². The first-order valence-corrected chi connectivity index (χ1v) is 7.31. The molecule has 1 aromatic carbocycles. The number of benzene rings is 1. The minimum atomic E-state index is -0.315. The molecule has 0 heterocycles. The van der Waals surface area contributed by atoms with Crippen LogP contribution in [0.2, 0.25) is 0 Å². The lowest BCUT2D eigenvalue weighted by Crippen LogP contribution is -2.39. The number of halogens is 1. The maximum absolute atomic E-state index is 13.4. The van der Waals surface area contributed by atoms with Crippen molar-refractivity contribution in [1.82, 2.24) is 10.2 Å². The highest BCUT2D eigenvalue weighted by molar-refractivity contribution is 5.31. The van der Waals surface area contributed by atoms with Gasteiger partial charge < -0.3 is 10.1 Å². The molecule has 1 aromatic rings. The van der Waals surface area contributed by atoms with Gasteiger partial charge in [-0.3, -0.25) is 4.90 Å². The molecular weight excluding hydrogens is 255 g/mol. The number of nitrogens with one attached hydrogen (secondary N) is 1. The summed E-state index contributed by atoms with van der Waals surface area (Å²) in [4.78, 5) is 2.44. The predicted molar refractivity (Wildman–Crippen MR) is 79.6 cm³/mol. The van der Waals surface area contributed by atoms with E-state index in [1.54, 1.807) is 6.07 Å². The molecule has 2 unspecified atom stereocenters. The highest BCUT2D eigenvalue weighted by atomic mass is 19.1. The van der Waals surface area contributed by atoms with Crippen molar-refractivity contribution in [3.8, 4) is 5.75 Å². The van der Waals surface area contributed by atoms with Gasteiger partial charge in [-0.2, -0.15) is 0 Å². The normalized spacial score (nSPS) is 18.1. The largest absolute Gasteiger partial charge is 0.494 e. The molecule has 0 spiro atoms. The van der Waals surface area contributed by atoms with Crippen molar-refractivity contribution in [2.24, 2.45) is 0 Å². The summed E-state index contributed by atoms with van der Waals surface area (Å²) in [7, 11) is 3.68. The van der Waals surface area contributed by atoms with Gasteiger partial charge in [0, 0.05) is 24.7 Å². The van der Waals surface area contributed by atoms with Crippen LogP contribution in [0.3, 0.4) is 0 Å². The van der Waals surface area contributed by atoms with Crippen molar-refractivity contribution >= 4 is 0 Å². The summed E-state index contributed by atoms with van der Waals surface area (Å²) in [6, 6.07) is 6.50. The van der Waals surface area contributed by atoms with Crippen LogP contribution in [-0.2, 0) is 0 Å². The fourth-order valence-corrected chi connectivity index (χ4v) is 2.40. The van der Waals surface area contributed by atoms with Gasteiger partial charge in [-0.15, -0.1) is 0 Å². The van der Waals surface area contributed by atoms with Gasteiger partial charge in [0.25, 0.3) is 0 Å². The van der Waals surface area contributed by atoms with Crippen LogP contribution in [0.5, 0.6) is 5.75 Å². The Morgan fingerprint density at radius 1 is 1.40 bits per heavy atom. The zero-order valence-corrected chi connectivity index (χ0v) is 12.8. The van der Waals surface area contributed by atoms with Gasteiger partial charge in [0.1, 0.15) is 0 Å². The maximum Gasteiger partial charge on any atom is 0.165 e. The zero-order valence-electron chi connectivity index (χ0n) is 12.8. The van der Waals surface area contributed by atoms with Crippen molar-refractivity contribution < 1.29 is 9.13 Å². The number of nitrogens with zero attached hydrogens (tertiary/aromatic N) is 1. The third-order valence-electron chi connectivity index (χ3n) is 4.21. The molecule has 0 saturated heterocycles. The summed E-state index contributed by atoms with van der Waals surface area (Å²) < 4.78 is 18.4. The van der Waals surface area contributed by atoms with Crippen molar-refractivity contribution in [2.75, 3.05) is 20.7 Å². The van der Waals surface area contributed by atoms with E-state index in [0.717, 1.165) is 18.2 Å². The van der Waals surface area contributed by atoms with E-state index in [-0.39, 0.29) is 11.9 Å². The molecule has 1 saturated carbocycles. The Balaban J connectivity index is 1.89. The fourth-order valence-electron chi connectivity index (χ4n) is 2.40. The lowest BCUT2D eigenvalue weighted by Gasteiger charge is -2.26. The number of methoxy groups -OCH3 is 1. The first-order chi connectivity index (χ1) is 9.52. The second-order valence-corrected chi connectivity index (χ2v) is 5.77. The summed E-state index contributed by atoms with van der Waals surface area (Å²) in [6.07, 6.45) is 2.65. The van der Waals surface area contributed by atoms with Crippen molar-refractivity contribution in [3.05, 3.63) is 29.6 Å². The molecule has 1 N–H and O–H groups in total. The van der Waals surface area contributed by atoms with Crippen LogP contribution in [0, 0.1) is 5.82 Å². The summed E-state index contributed by atoms with van der Waals surface area (Å²) in [6.45, 7) is 5.26. The zero-order chi connectivity index (χ0) is 14.7. The minimum Gasteiger partial charge on any atom is -0.494 e. The van der Waals surface area contributed by atoms with E-state index in [1.165, 1.54) is 26.0 Å². The molecule has 0 aliphatic heterocycles. The third-order valence-corrected chi connectivity index (χ3v) is 4.21. The molecule has 2 atom stereocenters. The van der Waals surface area contributed by atoms with Gasteiger partial charge in [0.2, 0.25) is 0 Å². The Labute approximate surface area is 121 Å². The molecule has 0 amide bonds. The minimum absolute atomic E-state index is 0.180. The van der Waals surface area contributed by atoms with Gasteiger partial charge >= 0.3 is 0 Å². The van der Waals surface area contributed by atoms with E-state index in [0.29, 0.717) is 11.8 Å². The lowest BCUT2D eigenvalue weighted by atomic mass is 10.1. The third kappa shape index (κ3) is 3.70. The average molecular weight is 280 g/mol. The van der Waals surface area contributed by atoms with Crippen LogP contribution < -0.4 is 10.1 Å². The number of hydrogen-bond acceptors (Lipinski definition) is 3. The molecular formula is C16H25FN2O. The van der Waals surface area contributed by atoms with E-state index in [1.807, 2.05) is 6.07 Å². The Morgan fingerprint density at radius 2 is 2.10 bits per heavy atom. The van der Waals surface area contributed by atoms with Crippen LogP contribution in [0.4, 0.5) is 4.39 Å². The van der Waals surface area contributed by atoms with Crippen LogP contribution in [-0.4, -0.2) is 37.7 Å². The van der Waals surface area contributed by atoms with Gasteiger partial charge in [-0.25, -0.2) is 4.39 Å². The number of hydrogen-bond donors (Lipinski definition) is 1. The van der Waals surface area contributed by atoms with E-state index in [4.69, 9.17) is 4.74 Å². The van der Waals surface area contributed by atoms with Crippen LogP contribution >= 0.6 is 0 Å². The van der Waals surface area contributed by atoms with Gasteiger partial charge in [-0.1, -0.05) is 6.07 Å². The highest BCUT2D eigenvalue weighted by Gasteiger charge is 2.29. The van der Waals surface area contributed by atoms with Crippen molar-refractivity contribution in [1.29, 1.82) is 0 Å². The Hall–Kier alpha value is -1.13. The van der Waals surface area contributed by atoms with E-state index < -0.39 is 0 Å². The van der Waals surface area contributed by atoms with Gasteiger partial charge in [0.05, 0.1) is 7.11 Å². The molecule has 20 heavy (non-hydrogen) atoms. The molecule has 2 rings (SSSR count). The van der Waals surface area contributed by atoms with E-state index >= 15 is 0 Å². The smallest absolute Gasteiger partial charge is 0.165 e. The quantitative estimate of drug-likeness (QED) is 0.831. The first-order valence-electron chi connectivity index (χ1n) is 7.31. The maximum atomic E-state index is 13.4. The van der Waals surface area contributed by atoms with Crippen LogP contribution in [0.1, 0.15) is 38.3 Å². The Bertz CT molecular complexity index is 448. The highest BCUT2D eigenvalue weighted by Crippen LogP contribution is 2.27. The SMILES string of the molecule is COc1cc(C(C)NCC(C)N(C)C2CC2)ccc1F. The molecule has 0 radical (unpaired) electrons. The summed E-state index contributed by atoms with van der Waals surface area (Å²) in [5.41, 5.74) is 1.05. The second kappa shape index (κ2) is 6.55. The molecule has 0 bridgehead atoms. The van der Waals surface area contributed by atoms with Gasteiger partial charge in [-0.05, 0) is 51.4 Å². The standard InChI is InChI=1S/C16H25FN2O/c1-11(19(3)14-6-7-14)10-18-12(2)13-5-8-15(17)16(9-13)20-4/h5,8-9,11-12,14,18H,6-7,10H2,1-4H3. The molecule has 1 aliphatic carbocycles. The number of likely N-dealkylation sites (N-methyl/N-ethyl adjacent to an activating group) is 1. The van der Waals surface area contributed by atoms with Gasteiger partial charge in [0.15, 0.2) is 11.6 Å².